The number of anilines is 1. The highest BCUT2D eigenvalue weighted by Gasteiger charge is 2.64. The molecule has 0 atom stereocenters. The van der Waals surface area contributed by atoms with Crippen LogP contribution in [0.15, 0.2) is 42.5 Å². The standard InChI is InChI=1S/C27H33ClN4O2/c1-26(2)24(27(3,4)25(26)34-21-11-8-19(17-29)22(28)16-21)30-23(33)18-6-9-20(10-7-18)32-14-12-31(5)13-15-32/h6-11,16,24-25H,12-15H2,1-5H3,(H,30,33). The lowest BCUT2D eigenvalue weighted by Gasteiger charge is -2.63. The minimum Gasteiger partial charge on any atom is -0.489 e. The van der Waals surface area contributed by atoms with Crippen LogP contribution >= 0.6 is 11.6 Å². The molecule has 0 bridgehead atoms. The van der Waals surface area contributed by atoms with Gasteiger partial charge in [-0.25, -0.2) is 0 Å². The maximum atomic E-state index is 13.1. The van der Waals surface area contributed by atoms with Gasteiger partial charge in [0.15, 0.2) is 0 Å². The lowest BCUT2D eigenvalue weighted by atomic mass is 9.49. The van der Waals surface area contributed by atoms with Crippen LogP contribution in [0.25, 0.3) is 0 Å². The number of nitrogens with zero attached hydrogens (tertiary/aromatic N) is 3. The van der Waals surface area contributed by atoms with E-state index in [0.29, 0.717) is 21.9 Å². The molecule has 1 aliphatic carbocycles. The predicted molar refractivity (Wildman–Crippen MR) is 136 cm³/mol. The molecule has 1 aliphatic heterocycles. The molecule has 1 amide bonds. The molecule has 1 heterocycles. The van der Waals surface area contributed by atoms with Crippen LogP contribution in [0.1, 0.15) is 43.6 Å². The van der Waals surface area contributed by atoms with E-state index >= 15 is 0 Å². The van der Waals surface area contributed by atoms with E-state index in [2.05, 4.69) is 55.9 Å². The van der Waals surface area contributed by atoms with Gasteiger partial charge in [-0.05, 0) is 43.4 Å². The molecule has 34 heavy (non-hydrogen) atoms. The second-order valence-electron chi connectivity index (χ2n) is 10.6. The number of nitriles is 1. The number of halogens is 1. The lowest BCUT2D eigenvalue weighted by Crippen LogP contribution is -2.74. The van der Waals surface area contributed by atoms with Crippen LogP contribution in [0, 0.1) is 22.2 Å². The zero-order chi connectivity index (χ0) is 24.7. The van der Waals surface area contributed by atoms with Gasteiger partial charge >= 0.3 is 0 Å². The summed E-state index contributed by atoms with van der Waals surface area (Å²) in [4.78, 5) is 17.8. The zero-order valence-electron chi connectivity index (χ0n) is 20.6. The fourth-order valence-corrected chi connectivity index (χ4v) is 5.91. The van der Waals surface area contributed by atoms with Crippen LogP contribution in [-0.2, 0) is 0 Å². The molecule has 1 saturated carbocycles. The van der Waals surface area contributed by atoms with Crippen molar-refractivity contribution in [2.24, 2.45) is 10.8 Å². The van der Waals surface area contributed by atoms with Crippen molar-refractivity contribution in [2.45, 2.75) is 39.8 Å². The first-order valence-corrected chi connectivity index (χ1v) is 12.1. The minimum absolute atomic E-state index is 0.0661. The number of benzene rings is 2. The summed E-state index contributed by atoms with van der Waals surface area (Å²) in [6.07, 6.45) is -0.131. The average molecular weight is 481 g/mol. The Morgan fingerprint density at radius 1 is 1.06 bits per heavy atom. The molecule has 2 aromatic rings. The summed E-state index contributed by atoms with van der Waals surface area (Å²) in [5.41, 5.74) is 1.65. The van der Waals surface area contributed by atoms with Crippen LogP contribution in [0.4, 0.5) is 5.69 Å². The number of hydrogen-bond donors (Lipinski definition) is 1. The first-order valence-electron chi connectivity index (χ1n) is 11.7. The summed E-state index contributed by atoms with van der Waals surface area (Å²) in [5.74, 6) is 0.551. The van der Waals surface area contributed by atoms with Crippen molar-refractivity contribution in [1.29, 1.82) is 5.26 Å². The number of hydrogen-bond acceptors (Lipinski definition) is 5. The first-order chi connectivity index (χ1) is 16.0. The second-order valence-corrected chi connectivity index (χ2v) is 11.0. The fraction of sp³-hybridized carbons (Fsp3) is 0.481. The Balaban J connectivity index is 1.42. The van der Waals surface area contributed by atoms with Gasteiger partial charge in [-0.3, -0.25) is 4.79 Å². The van der Waals surface area contributed by atoms with Crippen molar-refractivity contribution < 1.29 is 9.53 Å². The van der Waals surface area contributed by atoms with E-state index in [-0.39, 0.29) is 28.9 Å². The molecule has 0 aromatic heterocycles. The Kier molecular flexibility index (Phi) is 6.54. The van der Waals surface area contributed by atoms with Gasteiger partial charge in [-0.1, -0.05) is 39.3 Å². The Hall–Kier alpha value is -2.75. The number of rotatable bonds is 5. The second kappa shape index (κ2) is 9.13. The molecular formula is C27H33ClN4O2. The number of carbonyl (C=O) groups is 1. The van der Waals surface area contributed by atoms with Gasteiger partial charge in [0.25, 0.3) is 5.91 Å². The predicted octanol–water partition coefficient (Wildman–Crippen LogP) is 4.58. The lowest BCUT2D eigenvalue weighted by molar-refractivity contribution is -0.164. The third kappa shape index (κ3) is 4.47. The molecule has 1 saturated heterocycles. The minimum atomic E-state index is -0.292. The Bertz CT molecular complexity index is 1080. The van der Waals surface area contributed by atoms with E-state index in [1.807, 2.05) is 24.3 Å². The quantitative estimate of drug-likeness (QED) is 0.678. The van der Waals surface area contributed by atoms with Gasteiger partial charge in [0.05, 0.1) is 10.6 Å². The summed E-state index contributed by atoms with van der Waals surface area (Å²) in [6.45, 7) is 12.5. The largest absolute Gasteiger partial charge is 0.489 e. The Labute approximate surface area is 207 Å². The summed E-state index contributed by atoms with van der Waals surface area (Å²) in [6, 6.07) is 15.0. The van der Waals surface area contributed by atoms with E-state index < -0.39 is 0 Å². The van der Waals surface area contributed by atoms with Crippen molar-refractivity contribution in [3.05, 3.63) is 58.6 Å². The SMILES string of the molecule is CN1CCN(c2ccc(C(=O)NC3C(C)(C)C(Oc4ccc(C#N)c(Cl)c4)C3(C)C)cc2)CC1. The topological polar surface area (TPSA) is 68.6 Å². The van der Waals surface area contributed by atoms with Gasteiger partial charge in [-0.2, -0.15) is 5.26 Å². The molecule has 0 radical (unpaired) electrons. The highest BCUT2D eigenvalue weighted by molar-refractivity contribution is 6.31. The van der Waals surface area contributed by atoms with E-state index in [1.54, 1.807) is 18.2 Å². The molecule has 2 aliphatic rings. The number of likely N-dealkylation sites (N-methyl/N-ethyl adjacent to an activating group) is 1. The van der Waals surface area contributed by atoms with Crippen molar-refractivity contribution in [3.8, 4) is 11.8 Å². The molecule has 2 fully saturated rings. The molecule has 6 nitrogen and oxygen atoms in total. The maximum Gasteiger partial charge on any atom is 0.251 e. The van der Waals surface area contributed by atoms with Gasteiger partial charge in [-0.15, -0.1) is 0 Å². The summed E-state index contributed by atoms with van der Waals surface area (Å²) in [7, 11) is 2.14. The van der Waals surface area contributed by atoms with Crippen LogP contribution < -0.4 is 15.0 Å². The Morgan fingerprint density at radius 3 is 2.24 bits per heavy atom. The first kappa shape index (κ1) is 24.4. The number of nitrogens with one attached hydrogen (secondary N) is 1. The highest BCUT2D eigenvalue weighted by Crippen LogP contribution is 2.55. The molecule has 1 N–H and O–H groups in total. The molecular weight excluding hydrogens is 448 g/mol. The number of piperazine rings is 1. The van der Waals surface area contributed by atoms with Crippen molar-refractivity contribution in [3.63, 3.8) is 0 Å². The molecule has 0 spiro atoms. The summed E-state index contributed by atoms with van der Waals surface area (Å²) < 4.78 is 6.32. The van der Waals surface area contributed by atoms with Crippen LogP contribution in [0.2, 0.25) is 5.02 Å². The normalized spacial score (nSPS) is 23.5. The monoisotopic (exact) mass is 480 g/mol. The van der Waals surface area contributed by atoms with Gasteiger partial charge in [0, 0.05) is 60.4 Å². The molecule has 4 rings (SSSR count). The fourth-order valence-electron chi connectivity index (χ4n) is 5.70. The zero-order valence-corrected chi connectivity index (χ0v) is 21.3. The number of carbonyl (C=O) groups excluding carboxylic acids is 1. The van der Waals surface area contributed by atoms with Crippen LogP contribution in [-0.4, -0.2) is 56.2 Å². The molecule has 0 unspecified atom stereocenters. The third-order valence-corrected chi connectivity index (χ3v) is 7.74. The molecule has 7 heteroatoms. The van der Waals surface area contributed by atoms with Crippen LogP contribution in [0.5, 0.6) is 5.75 Å². The Morgan fingerprint density at radius 2 is 1.68 bits per heavy atom. The van der Waals surface area contributed by atoms with Gasteiger partial charge in [0.1, 0.15) is 17.9 Å². The van der Waals surface area contributed by atoms with Gasteiger partial charge < -0.3 is 19.9 Å². The van der Waals surface area contributed by atoms with Crippen molar-refractivity contribution in [1.82, 2.24) is 10.2 Å². The molecule has 180 valence electrons. The number of amides is 1. The van der Waals surface area contributed by atoms with E-state index in [1.165, 1.54) is 0 Å². The average Bonchev–Trinajstić information content (AvgIpc) is 2.81. The highest BCUT2D eigenvalue weighted by atomic mass is 35.5. The molecule has 2 aromatic carbocycles. The third-order valence-electron chi connectivity index (χ3n) is 7.43. The van der Waals surface area contributed by atoms with Gasteiger partial charge in [0.2, 0.25) is 0 Å². The van der Waals surface area contributed by atoms with Crippen LogP contribution in [0.3, 0.4) is 0 Å². The summed E-state index contributed by atoms with van der Waals surface area (Å²) >= 11 is 6.18. The van der Waals surface area contributed by atoms with E-state index in [9.17, 15) is 4.79 Å². The van der Waals surface area contributed by atoms with Crippen molar-refractivity contribution >= 4 is 23.2 Å². The van der Waals surface area contributed by atoms with E-state index in [4.69, 9.17) is 21.6 Å². The van der Waals surface area contributed by atoms with E-state index in [0.717, 1.165) is 31.9 Å². The summed E-state index contributed by atoms with van der Waals surface area (Å²) in [5, 5.41) is 12.7. The maximum absolute atomic E-state index is 13.1. The number of ether oxygens (including phenoxy) is 1. The van der Waals surface area contributed by atoms with Crippen molar-refractivity contribution in [2.75, 3.05) is 38.1 Å². The smallest absolute Gasteiger partial charge is 0.251 e.